The molecule has 0 saturated carbocycles. The maximum Gasteiger partial charge on any atom is 0.173 e. The lowest BCUT2D eigenvalue weighted by Crippen LogP contribution is -2.50. The van der Waals surface area contributed by atoms with Crippen LogP contribution in [0.2, 0.25) is 0 Å². The predicted molar refractivity (Wildman–Crippen MR) is 104 cm³/mol. The molecule has 0 amide bonds. The zero-order chi connectivity index (χ0) is 16.9. The van der Waals surface area contributed by atoms with Crippen LogP contribution in [0.3, 0.4) is 0 Å². The van der Waals surface area contributed by atoms with Gasteiger partial charge in [0.15, 0.2) is 5.11 Å². The van der Waals surface area contributed by atoms with E-state index in [1.54, 1.807) is 0 Å². The second-order valence-corrected chi connectivity index (χ2v) is 7.45. The fourth-order valence-electron chi connectivity index (χ4n) is 3.61. The van der Waals surface area contributed by atoms with Crippen LogP contribution in [-0.4, -0.2) is 60.3 Å². The molecule has 2 aliphatic rings. The second-order valence-electron chi connectivity index (χ2n) is 7.07. The minimum atomic E-state index is 0.321. The molecule has 1 atom stereocenters. The Morgan fingerprint density at radius 2 is 2.04 bits per heavy atom. The number of hydrogen-bond acceptors (Lipinski definition) is 3. The van der Waals surface area contributed by atoms with Gasteiger partial charge in [-0.15, -0.1) is 0 Å². The van der Waals surface area contributed by atoms with Crippen molar-refractivity contribution in [2.75, 3.05) is 38.6 Å². The minimum absolute atomic E-state index is 0.321. The number of ether oxygens (including phenoxy) is 1. The van der Waals surface area contributed by atoms with Gasteiger partial charge < -0.3 is 19.9 Å². The van der Waals surface area contributed by atoms with E-state index in [4.69, 9.17) is 17.0 Å². The summed E-state index contributed by atoms with van der Waals surface area (Å²) >= 11 is 5.81. The molecule has 2 saturated heterocycles. The molecular formula is C19H29N3OS. The Bertz CT molecular complexity index is 551. The number of benzene rings is 1. The molecule has 0 bridgehead atoms. The molecule has 0 aliphatic carbocycles. The van der Waals surface area contributed by atoms with E-state index in [0.717, 1.165) is 43.5 Å². The Kier molecular flexibility index (Phi) is 6.09. The number of piperidine rings is 1. The average molecular weight is 348 g/mol. The van der Waals surface area contributed by atoms with Gasteiger partial charge in [0.1, 0.15) is 0 Å². The Morgan fingerprint density at radius 1 is 1.29 bits per heavy atom. The third-order valence-electron chi connectivity index (χ3n) is 5.20. The Balaban J connectivity index is 1.70. The summed E-state index contributed by atoms with van der Waals surface area (Å²) in [6, 6.07) is 8.84. The number of aryl methyl sites for hydroxylation is 1. The van der Waals surface area contributed by atoms with Crippen molar-refractivity contribution in [3.05, 3.63) is 29.8 Å². The number of nitrogens with one attached hydrogen (secondary N) is 1. The largest absolute Gasteiger partial charge is 0.376 e. The van der Waals surface area contributed by atoms with Crippen LogP contribution >= 0.6 is 12.2 Å². The minimum Gasteiger partial charge on any atom is -0.376 e. The first-order chi connectivity index (χ1) is 11.6. The van der Waals surface area contributed by atoms with Gasteiger partial charge >= 0.3 is 0 Å². The molecule has 24 heavy (non-hydrogen) atoms. The van der Waals surface area contributed by atoms with Crippen LogP contribution in [0.4, 0.5) is 5.69 Å². The molecule has 1 N–H and O–H groups in total. The molecule has 5 heteroatoms. The first-order valence-corrected chi connectivity index (χ1v) is 9.47. The fraction of sp³-hybridized carbons (Fsp3) is 0.632. The summed E-state index contributed by atoms with van der Waals surface area (Å²) in [5.41, 5.74) is 2.33. The molecule has 0 radical (unpaired) electrons. The molecule has 0 aromatic heterocycles. The van der Waals surface area contributed by atoms with Crippen molar-refractivity contribution in [1.29, 1.82) is 0 Å². The highest BCUT2D eigenvalue weighted by atomic mass is 32.1. The highest BCUT2D eigenvalue weighted by molar-refractivity contribution is 7.80. The van der Waals surface area contributed by atoms with E-state index in [2.05, 4.69) is 53.4 Å². The fourth-order valence-corrected chi connectivity index (χ4v) is 3.95. The number of nitrogens with zero attached hydrogens (tertiary/aromatic N) is 2. The molecule has 3 rings (SSSR count). The van der Waals surface area contributed by atoms with Crippen molar-refractivity contribution in [2.24, 2.45) is 0 Å². The number of para-hydroxylation sites is 1. The maximum absolute atomic E-state index is 5.88. The summed E-state index contributed by atoms with van der Waals surface area (Å²) in [5.74, 6) is 0. The van der Waals surface area contributed by atoms with E-state index in [9.17, 15) is 0 Å². The first kappa shape index (κ1) is 17.6. The summed E-state index contributed by atoms with van der Waals surface area (Å²) < 4.78 is 5.88. The van der Waals surface area contributed by atoms with Crippen LogP contribution in [-0.2, 0) is 4.74 Å². The van der Waals surface area contributed by atoms with Gasteiger partial charge in [0.25, 0.3) is 0 Å². The quantitative estimate of drug-likeness (QED) is 0.844. The SMILES string of the molecule is Cc1ccccc1NC(=S)N(CC1CCCO1)C1CCN(C)CC1. The lowest BCUT2D eigenvalue weighted by atomic mass is 10.0. The van der Waals surface area contributed by atoms with E-state index in [0.29, 0.717) is 12.1 Å². The number of hydrogen-bond donors (Lipinski definition) is 1. The molecule has 2 heterocycles. The lowest BCUT2D eigenvalue weighted by Gasteiger charge is -2.40. The number of thiocarbonyl (C=S) groups is 1. The topological polar surface area (TPSA) is 27.7 Å². The molecular weight excluding hydrogens is 318 g/mol. The maximum atomic E-state index is 5.88. The number of likely N-dealkylation sites (tertiary alicyclic amines) is 1. The van der Waals surface area contributed by atoms with Crippen LogP contribution in [0, 0.1) is 6.92 Å². The van der Waals surface area contributed by atoms with E-state index in [1.807, 2.05) is 0 Å². The highest BCUT2D eigenvalue weighted by Crippen LogP contribution is 2.22. The van der Waals surface area contributed by atoms with Crippen molar-refractivity contribution >= 4 is 23.0 Å². The summed E-state index contributed by atoms with van der Waals surface area (Å²) in [7, 11) is 2.20. The zero-order valence-corrected chi connectivity index (χ0v) is 15.6. The molecule has 1 aromatic carbocycles. The van der Waals surface area contributed by atoms with Gasteiger partial charge in [-0.1, -0.05) is 18.2 Å². The summed E-state index contributed by atoms with van der Waals surface area (Å²) in [4.78, 5) is 4.79. The second kappa shape index (κ2) is 8.28. The van der Waals surface area contributed by atoms with Crippen LogP contribution < -0.4 is 5.32 Å². The molecule has 4 nitrogen and oxygen atoms in total. The van der Waals surface area contributed by atoms with Gasteiger partial charge in [-0.2, -0.15) is 0 Å². The Hall–Kier alpha value is -1.17. The lowest BCUT2D eigenvalue weighted by molar-refractivity contribution is 0.0724. The van der Waals surface area contributed by atoms with Gasteiger partial charge in [0.05, 0.1) is 6.10 Å². The van der Waals surface area contributed by atoms with Crippen molar-refractivity contribution in [3.63, 3.8) is 0 Å². The molecule has 1 aromatic rings. The zero-order valence-electron chi connectivity index (χ0n) is 14.8. The summed E-state index contributed by atoms with van der Waals surface area (Å²) in [5, 5.41) is 4.32. The highest BCUT2D eigenvalue weighted by Gasteiger charge is 2.29. The average Bonchev–Trinajstić information content (AvgIpc) is 3.09. The van der Waals surface area contributed by atoms with E-state index in [-0.39, 0.29) is 0 Å². The van der Waals surface area contributed by atoms with E-state index >= 15 is 0 Å². The van der Waals surface area contributed by atoms with Gasteiger partial charge in [-0.05, 0) is 76.6 Å². The summed E-state index contributed by atoms with van der Waals surface area (Å²) in [6.45, 7) is 6.19. The third-order valence-corrected chi connectivity index (χ3v) is 5.54. The summed E-state index contributed by atoms with van der Waals surface area (Å²) in [6.07, 6.45) is 4.97. The normalized spacial score (nSPS) is 22.5. The molecule has 2 fully saturated rings. The molecule has 2 aliphatic heterocycles. The van der Waals surface area contributed by atoms with E-state index < -0.39 is 0 Å². The van der Waals surface area contributed by atoms with Gasteiger partial charge in [-0.3, -0.25) is 0 Å². The van der Waals surface area contributed by atoms with Crippen LogP contribution in [0.5, 0.6) is 0 Å². The Labute approximate surface area is 151 Å². The predicted octanol–water partition coefficient (Wildman–Crippen LogP) is 3.27. The van der Waals surface area contributed by atoms with Crippen molar-refractivity contribution in [3.8, 4) is 0 Å². The van der Waals surface area contributed by atoms with Crippen LogP contribution in [0.1, 0.15) is 31.2 Å². The monoisotopic (exact) mass is 347 g/mol. The van der Waals surface area contributed by atoms with Gasteiger partial charge in [-0.25, -0.2) is 0 Å². The first-order valence-electron chi connectivity index (χ1n) is 9.07. The van der Waals surface area contributed by atoms with Crippen LogP contribution in [0.15, 0.2) is 24.3 Å². The van der Waals surface area contributed by atoms with Crippen LogP contribution in [0.25, 0.3) is 0 Å². The van der Waals surface area contributed by atoms with Crippen molar-refractivity contribution in [1.82, 2.24) is 9.80 Å². The smallest absolute Gasteiger partial charge is 0.173 e. The van der Waals surface area contributed by atoms with Gasteiger partial charge in [0.2, 0.25) is 0 Å². The molecule has 1 unspecified atom stereocenters. The van der Waals surface area contributed by atoms with Crippen molar-refractivity contribution in [2.45, 2.75) is 44.8 Å². The van der Waals surface area contributed by atoms with E-state index in [1.165, 1.54) is 24.8 Å². The molecule has 132 valence electrons. The number of rotatable bonds is 4. The van der Waals surface area contributed by atoms with Gasteiger partial charge in [0, 0.05) is 24.9 Å². The van der Waals surface area contributed by atoms with Crippen molar-refractivity contribution < 1.29 is 4.74 Å². The third kappa shape index (κ3) is 4.47. The molecule has 0 spiro atoms. The number of anilines is 1. The Morgan fingerprint density at radius 3 is 2.71 bits per heavy atom. The standard InChI is InChI=1S/C19H29N3OS/c1-15-6-3-4-8-18(15)20-19(24)22(14-17-7-5-13-23-17)16-9-11-21(2)12-10-16/h3-4,6,8,16-17H,5,7,9-14H2,1-2H3,(H,20,24).